The quantitative estimate of drug-likeness (QED) is 0.826. The van der Waals surface area contributed by atoms with Gasteiger partial charge in [-0.05, 0) is 32.0 Å². The summed E-state index contributed by atoms with van der Waals surface area (Å²) < 4.78 is 5.98. The number of hydrogen-bond acceptors (Lipinski definition) is 4. The fourth-order valence-electron chi connectivity index (χ4n) is 3.02. The summed E-state index contributed by atoms with van der Waals surface area (Å²) in [5.41, 5.74) is 0. The average Bonchev–Trinajstić information content (AvgIpc) is 2.56. The Kier molecular flexibility index (Phi) is 4.77. The van der Waals surface area contributed by atoms with E-state index in [4.69, 9.17) is 4.74 Å². The maximum atomic E-state index is 12.6. The molecule has 2 saturated heterocycles. The van der Waals surface area contributed by atoms with Crippen LogP contribution < -0.4 is 4.74 Å². The van der Waals surface area contributed by atoms with Crippen molar-refractivity contribution in [2.45, 2.75) is 18.9 Å². The van der Waals surface area contributed by atoms with Crippen LogP contribution in [0.1, 0.15) is 12.8 Å². The number of carbonyl (C=O) groups is 1. The molecule has 0 N–H and O–H groups in total. The second kappa shape index (κ2) is 6.96. The number of pyridine rings is 1. The van der Waals surface area contributed by atoms with Crippen LogP contribution >= 0.6 is 0 Å². The Morgan fingerprint density at radius 2 is 1.86 bits per heavy atom. The number of rotatable bonds is 2. The summed E-state index contributed by atoms with van der Waals surface area (Å²) in [6.07, 6.45) is 5.52. The van der Waals surface area contributed by atoms with Crippen LogP contribution in [0.4, 0.5) is 4.79 Å². The van der Waals surface area contributed by atoms with E-state index in [1.54, 1.807) is 12.4 Å². The highest BCUT2D eigenvalue weighted by molar-refractivity contribution is 5.74. The predicted octanol–water partition coefficient (Wildman–Crippen LogP) is 1.29. The number of likely N-dealkylation sites (N-methyl/N-ethyl adjacent to an activating group) is 1. The summed E-state index contributed by atoms with van der Waals surface area (Å²) in [5.74, 6) is 0.828. The monoisotopic (exact) mass is 304 g/mol. The van der Waals surface area contributed by atoms with Crippen LogP contribution in [-0.2, 0) is 0 Å². The minimum atomic E-state index is 0.0764. The van der Waals surface area contributed by atoms with Crippen LogP contribution in [0.3, 0.4) is 0 Å². The highest BCUT2D eigenvalue weighted by Gasteiger charge is 2.29. The van der Waals surface area contributed by atoms with E-state index in [2.05, 4.69) is 16.9 Å². The zero-order valence-electron chi connectivity index (χ0n) is 13.1. The van der Waals surface area contributed by atoms with Crippen molar-refractivity contribution in [1.82, 2.24) is 19.7 Å². The normalized spacial score (nSPS) is 23.4. The van der Waals surface area contributed by atoms with Gasteiger partial charge in [0.2, 0.25) is 0 Å². The Balaban J connectivity index is 1.55. The molecule has 120 valence electrons. The van der Waals surface area contributed by atoms with E-state index in [0.717, 1.165) is 51.3 Å². The van der Waals surface area contributed by atoms with E-state index >= 15 is 0 Å². The van der Waals surface area contributed by atoms with E-state index in [9.17, 15) is 4.79 Å². The first-order valence-corrected chi connectivity index (χ1v) is 8.01. The lowest BCUT2D eigenvalue weighted by atomic mass is 10.1. The molecule has 3 rings (SSSR count). The standard InChI is InChI=1S/C16H24N4O2/c1-18-9-11-19(12-10-18)16(21)20-8-2-3-15(13-20)22-14-4-6-17-7-5-14/h4-7,15H,2-3,8-13H2,1H3. The van der Waals surface area contributed by atoms with Gasteiger partial charge in [0, 0.05) is 45.1 Å². The number of hydrogen-bond donors (Lipinski definition) is 0. The van der Waals surface area contributed by atoms with Crippen LogP contribution in [0, 0.1) is 0 Å². The van der Waals surface area contributed by atoms with E-state index in [1.807, 2.05) is 21.9 Å². The highest BCUT2D eigenvalue weighted by Crippen LogP contribution is 2.19. The molecule has 0 aromatic carbocycles. The Hall–Kier alpha value is -1.82. The molecule has 1 aromatic heterocycles. The third-order valence-corrected chi connectivity index (χ3v) is 4.37. The molecule has 1 atom stereocenters. The minimum absolute atomic E-state index is 0.0764. The molecule has 0 bridgehead atoms. The third-order valence-electron chi connectivity index (χ3n) is 4.37. The van der Waals surface area contributed by atoms with Crippen molar-refractivity contribution < 1.29 is 9.53 Å². The molecule has 3 heterocycles. The largest absolute Gasteiger partial charge is 0.488 e. The van der Waals surface area contributed by atoms with E-state index in [1.165, 1.54) is 0 Å². The molecular weight excluding hydrogens is 280 g/mol. The van der Waals surface area contributed by atoms with Crippen molar-refractivity contribution >= 4 is 6.03 Å². The Labute approximate surface area is 131 Å². The maximum Gasteiger partial charge on any atom is 0.320 e. The van der Waals surface area contributed by atoms with Gasteiger partial charge < -0.3 is 19.4 Å². The molecule has 1 aromatic rings. The van der Waals surface area contributed by atoms with Crippen molar-refractivity contribution in [3.63, 3.8) is 0 Å². The minimum Gasteiger partial charge on any atom is -0.488 e. The first-order valence-electron chi connectivity index (χ1n) is 8.01. The van der Waals surface area contributed by atoms with Gasteiger partial charge >= 0.3 is 6.03 Å². The second-order valence-corrected chi connectivity index (χ2v) is 6.08. The zero-order chi connectivity index (χ0) is 15.4. The van der Waals surface area contributed by atoms with Gasteiger partial charge in [-0.1, -0.05) is 0 Å². The van der Waals surface area contributed by atoms with Crippen molar-refractivity contribution in [3.8, 4) is 5.75 Å². The number of ether oxygens (including phenoxy) is 1. The molecule has 2 amide bonds. The first kappa shape index (κ1) is 15.1. The van der Waals surface area contributed by atoms with Crippen molar-refractivity contribution in [1.29, 1.82) is 0 Å². The molecular formula is C16H24N4O2. The molecule has 1 unspecified atom stereocenters. The van der Waals surface area contributed by atoms with Gasteiger partial charge in [-0.15, -0.1) is 0 Å². The summed E-state index contributed by atoms with van der Waals surface area (Å²) in [7, 11) is 2.10. The van der Waals surface area contributed by atoms with E-state index < -0.39 is 0 Å². The predicted molar refractivity (Wildman–Crippen MR) is 83.9 cm³/mol. The van der Waals surface area contributed by atoms with Crippen molar-refractivity contribution in [2.75, 3.05) is 46.3 Å². The first-order chi connectivity index (χ1) is 10.7. The number of piperazine rings is 1. The zero-order valence-corrected chi connectivity index (χ0v) is 13.1. The van der Waals surface area contributed by atoms with E-state index in [-0.39, 0.29) is 12.1 Å². The summed E-state index contributed by atoms with van der Waals surface area (Å²) in [4.78, 5) is 22.8. The number of nitrogens with zero attached hydrogens (tertiary/aromatic N) is 4. The fourth-order valence-corrected chi connectivity index (χ4v) is 3.02. The van der Waals surface area contributed by atoms with Crippen LogP contribution in [0.15, 0.2) is 24.5 Å². The van der Waals surface area contributed by atoms with Crippen LogP contribution in [0.25, 0.3) is 0 Å². The summed E-state index contributed by atoms with van der Waals surface area (Å²) in [6, 6.07) is 3.89. The summed E-state index contributed by atoms with van der Waals surface area (Å²) in [5, 5.41) is 0. The third kappa shape index (κ3) is 3.68. The molecule has 0 spiro atoms. The maximum absolute atomic E-state index is 12.6. The molecule has 0 saturated carbocycles. The molecule has 2 aliphatic heterocycles. The smallest absolute Gasteiger partial charge is 0.320 e. The lowest BCUT2D eigenvalue weighted by Crippen LogP contribution is -2.54. The lowest BCUT2D eigenvalue weighted by molar-refractivity contribution is 0.0751. The van der Waals surface area contributed by atoms with Gasteiger partial charge in [0.1, 0.15) is 11.9 Å². The van der Waals surface area contributed by atoms with Crippen molar-refractivity contribution in [2.24, 2.45) is 0 Å². The number of carbonyl (C=O) groups excluding carboxylic acids is 1. The average molecular weight is 304 g/mol. The van der Waals surface area contributed by atoms with Crippen LogP contribution in [0.2, 0.25) is 0 Å². The molecule has 6 heteroatoms. The molecule has 22 heavy (non-hydrogen) atoms. The van der Waals surface area contributed by atoms with Gasteiger partial charge in [0.05, 0.1) is 6.54 Å². The fraction of sp³-hybridized carbons (Fsp3) is 0.625. The number of aromatic nitrogens is 1. The Morgan fingerprint density at radius 1 is 1.14 bits per heavy atom. The topological polar surface area (TPSA) is 48.9 Å². The number of likely N-dealkylation sites (tertiary alicyclic amines) is 1. The van der Waals surface area contributed by atoms with Crippen LogP contribution in [0.5, 0.6) is 5.75 Å². The van der Waals surface area contributed by atoms with Gasteiger partial charge in [-0.3, -0.25) is 4.98 Å². The number of amides is 2. The van der Waals surface area contributed by atoms with E-state index in [0.29, 0.717) is 6.54 Å². The SMILES string of the molecule is CN1CCN(C(=O)N2CCCC(Oc3ccncc3)C2)CC1. The van der Waals surface area contributed by atoms with Gasteiger partial charge in [-0.2, -0.15) is 0 Å². The Morgan fingerprint density at radius 3 is 2.59 bits per heavy atom. The van der Waals surface area contributed by atoms with Crippen LogP contribution in [-0.4, -0.2) is 78.1 Å². The Bertz CT molecular complexity index is 488. The molecule has 2 fully saturated rings. The number of urea groups is 1. The van der Waals surface area contributed by atoms with Gasteiger partial charge in [0.15, 0.2) is 0 Å². The molecule has 2 aliphatic rings. The summed E-state index contributed by atoms with van der Waals surface area (Å²) in [6.45, 7) is 5.06. The molecule has 0 radical (unpaired) electrons. The van der Waals surface area contributed by atoms with Gasteiger partial charge in [0.25, 0.3) is 0 Å². The molecule has 6 nitrogen and oxygen atoms in total. The number of piperidine rings is 1. The highest BCUT2D eigenvalue weighted by atomic mass is 16.5. The van der Waals surface area contributed by atoms with Gasteiger partial charge in [-0.25, -0.2) is 4.79 Å². The lowest BCUT2D eigenvalue weighted by Gasteiger charge is -2.39. The second-order valence-electron chi connectivity index (χ2n) is 6.08. The molecule has 0 aliphatic carbocycles. The van der Waals surface area contributed by atoms with Crippen molar-refractivity contribution in [3.05, 3.63) is 24.5 Å². The summed E-state index contributed by atoms with van der Waals surface area (Å²) >= 11 is 0.